The minimum absolute atomic E-state index is 0.0760. The molecule has 1 atom stereocenters. The van der Waals surface area contributed by atoms with Crippen LogP contribution >= 0.6 is 35.0 Å². The first-order valence-corrected chi connectivity index (χ1v) is 10.5. The minimum atomic E-state index is -4.66. The molecule has 2 aromatic rings. The number of carbonyl (C=O) groups is 2. The van der Waals surface area contributed by atoms with Crippen LogP contribution in [0.4, 0.5) is 18.9 Å². The van der Waals surface area contributed by atoms with E-state index in [1.54, 1.807) is 18.2 Å². The average molecular weight is 465 g/mol. The van der Waals surface area contributed by atoms with Crippen LogP contribution in [0.1, 0.15) is 22.3 Å². The Kier molecular flexibility index (Phi) is 8.24. The van der Waals surface area contributed by atoms with E-state index in [0.717, 1.165) is 12.1 Å². The third kappa shape index (κ3) is 6.55. The first-order chi connectivity index (χ1) is 13.6. The summed E-state index contributed by atoms with van der Waals surface area (Å²) in [6.07, 6.45) is -2.54. The number of carbonyl (C=O) groups excluding carboxylic acids is 2. The third-order valence-electron chi connectivity index (χ3n) is 3.89. The maximum atomic E-state index is 13.0. The summed E-state index contributed by atoms with van der Waals surface area (Å²) in [5.74, 6) is -0.645. The number of halogens is 5. The van der Waals surface area contributed by atoms with Crippen molar-refractivity contribution in [2.45, 2.75) is 18.6 Å². The Hall–Kier alpha value is -1.90. The van der Waals surface area contributed by atoms with Gasteiger partial charge in [0.2, 0.25) is 5.91 Å². The van der Waals surface area contributed by atoms with Crippen LogP contribution in [0.25, 0.3) is 0 Å². The van der Waals surface area contributed by atoms with Crippen molar-refractivity contribution in [2.24, 2.45) is 0 Å². The van der Waals surface area contributed by atoms with Crippen LogP contribution in [0.15, 0.2) is 42.5 Å². The molecule has 2 rings (SSSR count). The highest BCUT2D eigenvalue weighted by Crippen LogP contribution is 2.36. The van der Waals surface area contributed by atoms with Gasteiger partial charge in [-0.05, 0) is 48.8 Å². The number of thioether (sulfide) groups is 1. The standard InChI is InChI=1S/C19H17Cl2F3N2O2S/c1-29-9-8-16(26-17(27)12-4-2-3-5-14(12)20)18(28)25-11-6-7-15(21)13(10-11)19(22,23)24/h2-7,10,16H,8-9H2,1H3,(H,25,28)(H,26,27)/t16-/m1/s1. The van der Waals surface area contributed by atoms with Gasteiger partial charge in [-0.3, -0.25) is 9.59 Å². The maximum Gasteiger partial charge on any atom is 0.417 e. The van der Waals surface area contributed by atoms with E-state index in [1.165, 1.54) is 23.9 Å². The van der Waals surface area contributed by atoms with Gasteiger partial charge in [0.25, 0.3) is 5.91 Å². The van der Waals surface area contributed by atoms with Crippen molar-refractivity contribution in [3.63, 3.8) is 0 Å². The number of amides is 2. The van der Waals surface area contributed by atoms with Crippen molar-refractivity contribution in [1.82, 2.24) is 5.32 Å². The van der Waals surface area contributed by atoms with E-state index >= 15 is 0 Å². The molecule has 156 valence electrons. The van der Waals surface area contributed by atoms with E-state index in [4.69, 9.17) is 23.2 Å². The Balaban J connectivity index is 2.19. The van der Waals surface area contributed by atoms with Crippen LogP contribution in [0.3, 0.4) is 0 Å². The molecule has 4 nitrogen and oxygen atoms in total. The molecule has 0 aromatic heterocycles. The van der Waals surface area contributed by atoms with Crippen LogP contribution in [0, 0.1) is 0 Å². The second-order valence-electron chi connectivity index (χ2n) is 5.97. The molecule has 0 unspecified atom stereocenters. The Morgan fingerprint density at radius 1 is 1.10 bits per heavy atom. The molecular weight excluding hydrogens is 448 g/mol. The second-order valence-corrected chi connectivity index (χ2v) is 7.77. The highest BCUT2D eigenvalue weighted by atomic mass is 35.5. The first-order valence-electron chi connectivity index (χ1n) is 8.35. The zero-order valence-corrected chi connectivity index (χ0v) is 17.5. The van der Waals surface area contributed by atoms with Crippen molar-refractivity contribution >= 4 is 52.5 Å². The zero-order chi connectivity index (χ0) is 21.6. The topological polar surface area (TPSA) is 58.2 Å². The lowest BCUT2D eigenvalue weighted by Crippen LogP contribution is -2.44. The van der Waals surface area contributed by atoms with Crippen LogP contribution in [0.2, 0.25) is 10.0 Å². The second kappa shape index (κ2) is 10.2. The molecule has 0 aliphatic carbocycles. The Morgan fingerprint density at radius 3 is 2.41 bits per heavy atom. The number of alkyl halides is 3. The molecule has 29 heavy (non-hydrogen) atoms. The highest BCUT2D eigenvalue weighted by Gasteiger charge is 2.33. The summed E-state index contributed by atoms with van der Waals surface area (Å²) in [7, 11) is 0. The summed E-state index contributed by atoms with van der Waals surface area (Å²) < 4.78 is 39.1. The molecule has 0 fully saturated rings. The van der Waals surface area contributed by atoms with Crippen molar-refractivity contribution in [3.8, 4) is 0 Å². The van der Waals surface area contributed by atoms with E-state index in [9.17, 15) is 22.8 Å². The van der Waals surface area contributed by atoms with Gasteiger partial charge in [0.15, 0.2) is 0 Å². The van der Waals surface area contributed by atoms with E-state index in [2.05, 4.69) is 10.6 Å². The van der Waals surface area contributed by atoms with Gasteiger partial charge in [0.05, 0.1) is 21.2 Å². The molecule has 0 heterocycles. The predicted molar refractivity (Wildman–Crippen MR) is 111 cm³/mol. The lowest BCUT2D eigenvalue weighted by Gasteiger charge is -2.19. The van der Waals surface area contributed by atoms with Crippen LogP contribution in [0.5, 0.6) is 0 Å². The number of hydrogen-bond acceptors (Lipinski definition) is 3. The van der Waals surface area contributed by atoms with Crippen molar-refractivity contribution < 1.29 is 22.8 Å². The van der Waals surface area contributed by atoms with Crippen molar-refractivity contribution in [3.05, 3.63) is 63.6 Å². The predicted octanol–water partition coefficient (Wildman–Crippen LogP) is 5.50. The molecular formula is C19H17Cl2F3N2O2S. The normalized spacial score (nSPS) is 12.3. The fourth-order valence-corrected chi connectivity index (χ4v) is 3.35. The maximum absolute atomic E-state index is 13.0. The molecule has 0 aliphatic rings. The first kappa shape index (κ1) is 23.4. The Bertz CT molecular complexity index is 894. The Morgan fingerprint density at radius 2 is 1.79 bits per heavy atom. The Labute approximate surface area is 180 Å². The molecule has 10 heteroatoms. The molecule has 2 aromatic carbocycles. The summed E-state index contributed by atoms with van der Waals surface area (Å²) >= 11 is 13.1. The van der Waals surface area contributed by atoms with E-state index < -0.39 is 34.6 Å². The summed E-state index contributed by atoms with van der Waals surface area (Å²) in [5.41, 5.74) is -0.937. The van der Waals surface area contributed by atoms with Crippen LogP contribution in [-0.2, 0) is 11.0 Å². The summed E-state index contributed by atoms with van der Waals surface area (Å²) in [4.78, 5) is 25.1. The lowest BCUT2D eigenvalue weighted by molar-refractivity contribution is -0.137. The summed E-state index contributed by atoms with van der Waals surface area (Å²) in [6, 6.07) is 8.45. The quantitative estimate of drug-likeness (QED) is 0.568. The van der Waals surface area contributed by atoms with Gasteiger partial charge in [-0.2, -0.15) is 24.9 Å². The SMILES string of the molecule is CSCC[C@@H](NC(=O)c1ccccc1Cl)C(=O)Nc1ccc(Cl)c(C(F)(F)F)c1. The number of hydrogen-bond donors (Lipinski definition) is 2. The monoisotopic (exact) mass is 464 g/mol. The zero-order valence-electron chi connectivity index (χ0n) is 15.1. The van der Waals surface area contributed by atoms with E-state index in [0.29, 0.717) is 5.75 Å². The number of anilines is 1. The van der Waals surface area contributed by atoms with Gasteiger partial charge in [-0.25, -0.2) is 0 Å². The van der Waals surface area contributed by atoms with Gasteiger partial charge in [-0.1, -0.05) is 35.3 Å². The van der Waals surface area contributed by atoms with Gasteiger partial charge in [-0.15, -0.1) is 0 Å². The molecule has 0 bridgehead atoms. The van der Waals surface area contributed by atoms with Crippen LogP contribution < -0.4 is 10.6 Å². The molecule has 0 radical (unpaired) electrons. The smallest absolute Gasteiger partial charge is 0.340 e. The minimum Gasteiger partial charge on any atom is -0.340 e. The summed E-state index contributed by atoms with van der Waals surface area (Å²) in [5, 5.41) is 4.75. The van der Waals surface area contributed by atoms with Crippen molar-refractivity contribution in [2.75, 3.05) is 17.3 Å². The largest absolute Gasteiger partial charge is 0.417 e. The average Bonchev–Trinajstić information content (AvgIpc) is 2.65. The van der Waals surface area contributed by atoms with Gasteiger partial charge >= 0.3 is 6.18 Å². The van der Waals surface area contributed by atoms with Gasteiger partial charge in [0.1, 0.15) is 6.04 Å². The van der Waals surface area contributed by atoms with Gasteiger partial charge < -0.3 is 10.6 Å². The lowest BCUT2D eigenvalue weighted by atomic mass is 10.1. The molecule has 0 saturated carbocycles. The number of rotatable bonds is 7. The molecule has 2 N–H and O–H groups in total. The van der Waals surface area contributed by atoms with Crippen molar-refractivity contribution in [1.29, 1.82) is 0 Å². The summed E-state index contributed by atoms with van der Waals surface area (Å²) in [6.45, 7) is 0. The third-order valence-corrected chi connectivity index (χ3v) is 5.19. The molecule has 0 aliphatic heterocycles. The van der Waals surface area contributed by atoms with E-state index in [1.807, 2.05) is 6.26 Å². The number of benzene rings is 2. The number of nitrogens with one attached hydrogen (secondary N) is 2. The fraction of sp³-hybridized carbons (Fsp3) is 0.263. The molecule has 2 amide bonds. The molecule has 0 spiro atoms. The highest BCUT2D eigenvalue weighted by molar-refractivity contribution is 7.98. The van der Waals surface area contributed by atoms with E-state index in [-0.39, 0.29) is 22.7 Å². The fourth-order valence-electron chi connectivity index (χ4n) is 2.44. The van der Waals surface area contributed by atoms with Gasteiger partial charge in [0, 0.05) is 5.69 Å². The molecule has 0 saturated heterocycles. The van der Waals surface area contributed by atoms with Crippen LogP contribution in [-0.4, -0.2) is 29.9 Å².